The molecule has 18 heavy (non-hydrogen) atoms. The Bertz CT molecular complexity index is 269. The van der Waals surface area contributed by atoms with Gasteiger partial charge in [0.2, 0.25) is 0 Å². The third-order valence-electron chi connectivity index (χ3n) is 6.25. The normalized spacial score (nSPS) is 50.0. The Labute approximate surface area is 116 Å². The lowest BCUT2D eigenvalue weighted by molar-refractivity contribution is -0.0261. The van der Waals surface area contributed by atoms with Crippen LogP contribution in [0.5, 0.6) is 0 Å². The maximum absolute atomic E-state index is 3.50. The van der Waals surface area contributed by atoms with Crippen LogP contribution < -0.4 is 5.32 Å². The third-order valence-corrected chi connectivity index (χ3v) is 7.58. The van der Waals surface area contributed by atoms with E-state index in [2.05, 4.69) is 17.1 Å². The van der Waals surface area contributed by atoms with Gasteiger partial charge in [-0.05, 0) is 98.6 Å². The second-order valence-electron chi connectivity index (χ2n) is 7.49. The van der Waals surface area contributed by atoms with Crippen LogP contribution in [0.1, 0.15) is 38.5 Å². The predicted molar refractivity (Wildman–Crippen MR) is 78.8 cm³/mol. The maximum Gasteiger partial charge on any atom is -0.00121 e. The lowest BCUT2D eigenvalue weighted by Crippen LogP contribution is -2.46. The van der Waals surface area contributed by atoms with Gasteiger partial charge in [0.25, 0.3) is 0 Å². The van der Waals surface area contributed by atoms with E-state index in [1.807, 2.05) is 0 Å². The van der Waals surface area contributed by atoms with Crippen molar-refractivity contribution in [3.05, 3.63) is 0 Å². The topological polar surface area (TPSA) is 12.0 Å². The van der Waals surface area contributed by atoms with Crippen LogP contribution in [-0.4, -0.2) is 24.6 Å². The van der Waals surface area contributed by atoms with E-state index in [9.17, 15) is 0 Å². The fourth-order valence-electron chi connectivity index (χ4n) is 5.54. The molecule has 5 rings (SSSR count). The minimum Gasteiger partial charge on any atom is -0.316 e. The summed E-state index contributed by atoms with van der Waals surface area (Å²) in [6.07, 6.45) is 9.42. The van der Waals surface area contributed by atoms with Crippen LogP contribution in [0, 0.1) is 35.5 Å². The molecule has 1 heterocycles. The molecule has 0 spiro atoms. The van der Waals surface area contributed by atoms with E-state index in [4.69, 9.17) is 0 Å². The van der Waals surface area contributed by atoms with Crippen molar-refractivity contribution in [3.63, 3.8) is 0 Å². The van der Waals surface area contributed by atoms with Crippen molar-refractivity contribution < 1.29 is 0 Å². The van der Waals surface area contributed by atoms with Gasteiger partial charge in [0.05, 0.1) is 0 Å². The lowest BCUT2D eigenvalue weighted by Gasteiger charge is -2.54. The summed E-state index contributed by atoms with van der Waals surface area (Å²) in [4.78, 5) is 0. The van der Waals surface area contributed by atoms with Gasteiger partial charge in [-0.2, -0.15) is 11.8 Å². The highest BCUT2D eigenvalue weighted by molar-refractivity contribution is 7.99. The van der Waals surface area contributed by atoms with Gasteiger partial charge in [0.15, 0.2) is 0 Å². The summed E-state index contributed by atoms with van der Waals surface area (Å²) in [5.74, 6) is 9.57. The highest BCUT2D eigenvalue weighted by Gasteiger charge is 2.47. The molecule has 4 bridgehead atoms. The molecule has 0 aromatic rings. The number of rotatable bonds is 4. The van der Waals surface area contributed by atoms with Gasteiger partial charge >= 0.3 is 0 Å². The zero-order chi connectivity index (χ0) is 11.9. The van der Waals surface area contributed by atoms with Gasteiger partial charge in [-0.1, -0.05) is 0 Å². The molecule has 0 aromatic heterocycles. The van der Waals surface area contributed by atoms with Gasteiger partial charge < -0.3 is 5.32 Å². The summed E-state index contributed by atoms with van der Waals surface area (Å²) in [6.45, 7) is 2.55. The first-order valence-electron chi connectivity index (χ1n) is 8.17. The Balaban J connectivity index is 1.29. The first-order chi connectivity index (χ1) is 8.88. The van der Waals surface area contributed by atoms with Crippen LogP contribution in [-0.2, 0) is 0 Å². The lowest BCUT2D eigenvalue weighted by atomic mass is 9.52. The Morgan fingerprint density at radius 3 is 2.22 bits per heavy atom. The Morgan fingerprint density at radius 2 is 1.61 bits per heavy atom. The van der Waals surface area contributed by atoms with Crippen molar-refractivity contribution in [1.82, 2.24) is 5.32 Å². The largest absolute Gasteiger partial charge is 0.316 e. The summed E-state index contributed by atoms with van der Waals surface area (Å²) >= 11 is 2.29. The van der Waals surface area contributed by atoms with Crippen molar-refractivity contribution in [1.29, 1.82) is 0 Å². The Morgan fingerprint density at radius 1 is 0.889 bits per heavy atom. The number of hydrogen-bond acceptors (Lipinski definition) is 2. The Kier molecular flexibility index (Phi) is 3.36. The van der Waals surface area contributed by atoms with Crippen LogP contribution >= 0.6 is 11.8 Å². The molecule has 1 N–H and O–H groups in total. The first kappa shape index (κ1) is 12.1. The smallest absolute Gasteiger partial charge is 0.00121 e. The fraction of sp³-hybridized carbons (Fsp3) is 1.00. The third kappa shape index (κ3) is 2.24. The van der Waals surface area contributed by atoms with E-state index in [1.165, 1.54) is 31.0 Å². The van der Waals surface area contributed by atoms with E-state index in [1.54, 1.807) is 32.1 Å². The van der Waals surface area contributed by atoms with Crippen molar-refractivity contribution >= 4 is 11.8 Å². The number of thioether (sulfide) groups is 1. The molecule has 5 aliphatic rings. The zero-order valence-electron chi connectivity index (χ0n) is 11.4. The average molecular weight is 265 g/mol. The van der Waals surface area contributed by atoms with E-state index in [0.717, 1.165) is 35.5 Å². The fourth-order valence-corrected chi connectivity index (χ4v) is 7.11. The Hall–Kier alpha value is 0.310. The van der Waals surface area contributed by atoms with Crippen molar-refractivity contribution in [3.8, 4) is 0 Å². The molecule has 0 amide bonds. The summed E-state index contributed by atoms with van der Waals surface area (Å²) in [5, 5.41) is 3.50. The summed E-state index contributed by atoms with van der Waals surface area (Å²) < 4.78 is 0. The van der Waals surface area contributed by atoms with E-state index < -0.39 is 0 Å². The molecule has 1 atom stereocenters. The van der Waals surface area contributed by atoms with Gasteiger partial charge in [-0.25, -0.2) is 0 Å². The summed E-state index contributed by atoms with van der Waals surface area (Å²) in [6, 6.07) is 0. The van der Waals surface area contributed by atoms with Crippen LogP contribution in [0.3, 0.4) is 0 Å². The zero-order valence-corrected chi connectivity index (χ0v) is 12.3. The molecule has 1 unspecified atom stereocenters. The standard InChI is InChI=1S/C16H27NS/c1-2-17-8-11(1)9-18-10-16-14-4-12-3-13(6-14)7-15(16)5-12/h11-17H,1-10H2. The molecule has 4 saturated carbocycles. The van der Waals surface area contributed by atoms with E-state index in [0.29, 0.717) is 0 Å². The summed E-state index contributed by atoms with van der Waals surface area (Å²) in [5.41, 5.74) is 0. The van der Waals surface area contributed by atoms with Gasteiger partial charge in [0.1, 0.15) is 0 Å². The van der Waals surface area contributed by atoms with E-state index in [-0.39, 0.29) is 0 Å². The van der Waals surface area contributed by atoms with Crippen LogP contribution in [0.25, 0.3) is 0 Å². The molecule has 2 heteroatoms. The molecular weight excluding hydrogens is 238 g/mol. The molecule has 1 saturated heterocycles. The number of hydrogen-bond donors (Lipinski definition) is 1. The average Bonchev–Trinajstić information content (AvgIpc) is 2.85. The van der Waals surface area contributed by atoms with Gasteiger partial charge in [-0.15, -0.1) is 0 Å². The molecule has 0 radical (unpaired) electrons. The number of nitrogens with one attached hydrogen (secondary N) is 1. The molecule has 1 nitrogen and oxygen atoms in total. The van der Waals surface area contributed by atoms with Gasteiger partial charge in [-0.3, -0.25) is 0 Å². The highest BCUT2D eigenvalue weighted by Crippen LogP contribution is 2.57. The first-order valence-corrected chi connectivity index (χ1v) is 9.32. The van der Waals surface area contributed by atoms with Crippen LogP contribution in [0.15, 0.2) is 0 Å². The maximum atomic E-state index is 3.50. The molecular formula is C16H27NS. The van der Waals surface area contributed by atoms with Gasteiger partial charge in [0, 0.05) is 0 Å². The molecule has 0 aromatic carbocycles. The molecule has 5 fully saturated rings. The summed E-state index contributed by atoms with van der Waals surface area (Å²) in [7, 11) is 0. The minimum absolute atomic E-state index is 0.979. The predicted octanol–water partition coefficient (Wildman–Crippen LogP) is 3.40. The van der Waals surface area contributed by atoms with Crippen molar-refractivity contribution in [2.45, 2.75) is 38.5 Å². The quantitative estimate of drug-likeness (QED) is 0.836. The van der Waals surface area contributed by atoms with Crippen molar-refractivity contribution in [2.24, 2.45) is 35.5 Å². The van der Waals surface area contributed by atoms with E-state index >= 15 is 0 Å². The highest BCUT2D eigenvalue weighted by atomic mass is 32.2. The monoisotopic (exact) mass is 265 g/mol. The van der Waals surface area contributed by atoms with Crippen LogP contribution in [0.2, 0.25) is 0 Å². The second-order valence-corrected chi connectivity index (χ2v) is 8.57. The van der Waals surface area contributed by atoms with Crippen LogP contribution in [0.4, 0.5) is 0 Å². The second kappa shape index (κ2) is 5.01. The SMILES string of the molecule is C1CC(CSCC2C3CC4CC(C3)CC2C4)CN1. The van der Waals surface area contributed by atoms with Crippen molar-refractivity contribution in [2.75, 3.05) is 24.6 Å². The minimum atomic E-state index is 0.979. The molecule has 4 aliphatic carbocycles. The molecule has 102 valence electrons. The molecule has 1 aliphatic heterocycles.